The average molecular weight is 337 g/mol. The van der Waals surface area contributed by atoms with Crippen molar-refractivity contribution in [2.45, 2.75) is 17.7 Å². The summed E-state index contributed by atoms with van der Waals surface area (Å²) in [4.78, 5) is 24.7. The molecule has 23 heavy (non-hydrogen) atoms. The van der Waals surface area contributed by atoms with Crippen molar-refractivity contribution >= 4 is 21.8 Å². The summed E-state index contributed by atoms with van der Waals surface area (Å²) >= 11 is 0. The molecule has 1 aromatic carbocycles. The van der Waals surface area contributed by atoms with E-state index in [0.29, 0.717) is 0 Å². The van der Waals surface area contributed by atoms with Crippen molar-refractivity contribution in [3.63, 3.8) is 0 Å². The molecule has 0 aliphatic carbocycles. The van der Waals surface area contributed by atoms with Gasteiger partial charge in [0.25, 0.3) is 0 Å². The summed E-state index contributed by atoms with van der Waals surface area (Å²) in [7, 11) is -2.59. The zero-order chi connectivity index (χ0) is 17.1. The van der Waals surface area contributed by atoms with Crippen LogP contribution < -0.4 is 0 Å². The summed E-state index contributed by atoms with van der Waals surface area (Å²) in [6.45, 7) is 3.38. The summed E-state index contributed by atoms with van der Waals surface area (Å²) < 4.78 is 31.4. The minimum atomic E-state index is -3.78. The quantitative estimate of drug-likeness (QED) is 0.461. The van der Waals surface area contributed by atoms with Gasteiger partial charge < -0.3 is 4.74 Å². The van der Waals surface area contributed by atoms with Crippen LogP contribution in [0.2, 0.25) is 0 Å². The molecule has 1 heterocycles. The fourth-order valence-corrected chi connectivity index (χ4v) is 4.28. The molecule has 0 amide bonds. The number of carbonyl (C=O) groups excluding carboxylic acids is 2. The van der Waals surface area contributed by atoms with Gasteiger partial charge in [-0.1, -0.05) is 24.3 Å². The van der Waals surface area contributed by atoms with E-state index in [1.54, 1.807) is 18.2 Å². The number of Topliss-reactive ketones (excluding diaryl/α,β-unsaturated/α-hetero) is 1. The van der Waals surface area contributed by atoms with Crippen molar-refractivity contribution in [3.8, 4) is 0 Å². The third kappa shape index (κ3) is 3.07. The molecule has 0 N–H and O–H groups in total. The third-order valence-corrected chi connectivity index (χ3v) is 5.88. The number of ketones is 1. The fourth-order valence-electron chi connectivity index (χ4n) is 2.76. The standard InChI is InChI=1S/C16H19NO5S/c1-3-10-16(15(19)22-2)12-17(11-9-14(16)18)23(20,21)13-7-5-4-6-8-13/h3-8H,1,9-12H2,2H3. The van der Waals surface area contributed by atoms with E-state index in [4.69, 9.17) is 4.74 Å². The number of benzene rings is 1. The van der Waals surface area contributed by atoms with Gasteiger partial charge in [-0.3, -0.25) is 9.59 Å². The monoisotopic (exact) mass is 337 g/mol. The van der Waals surface area contributed by atoms with Gasteiger partial charge in [-0.15, -0.1) is 6.58 Å². The number of esters is 1. The van der Waals surface area contributed by atoms with Gasteiger partial charge in [0.15, 0.2) is 5.78 Å². The Hall–Kier alpha value is -1.99. The van der Waals surface area contributed by atoms with Crippen LogP contribution in [0.1, 0.15) is 12.8 Å². The second-order valence-electron chi connectivity index (χ2n) is 5.39. The summed E-state index contributed by atoms with van der Waals surface area (Å²) in [6, 6.07) is 7.94. The SMILES string of the molecule is C=CCC1(C(=O)OC)CN(S(=O)(=O)c2ccccc2)CCC1=O. The fraction of sp³-hybridized carbons (Fsp3) is 0.375. The van der Waals surface area contributed by atoms with Gasteiger partial charge in [0.1, 0.15) is 5.41 Å². The van der Waals surface area contributed by atoms with Crippen molar-refractivity contribution in [2.75, 3.05) is 20.2 Å². The van der Waals surface area contributed by atoms with Crippen molar-refractivity contribution in [1.82, 2.24) is 4.31 Å². The van der Waals surface area contributed by atoms with E-state index in [0.717, 1.165) is 0 Å². The Morgan fingerprint density at radius 3 is 2.61 bits per heavy atom. The molecule has 1 atom stereocenters. The van der Waals surface area contributed by atoms with Crippen LogP contribution >= 0.6 is 0 Å². The number of ether oxygens (including phenoxy) is 1. The van der Waals surface area contributed by atoms with E-state index in [9.17, 15) is 18.0 Å². The van der Waals surface area contributed by atoms with E-state index < -0.39 is 21.4 Å². The van der Waals surface area contributed by atoms with E-state index in [2.05, 4.69) is 6.58 Å². The molecule has 1 aromatic rings. The molecule has 6 nitrogen and oxygen atoms in total. The minimum absolute atomic E-state index is 0.0327. The smallest absolute Gasteiger partial charge is 0.321 e. The number of nitrogens with zero attached hydrogens (tertiary/aromatic N) is 1. The molecule has 1 aliphatic heterocycles. The molecular weight excluding hydrogens is 318 g/mol. The van der Waals surface area contributed by atoms with E-state index in [1.165, 1.54) is 29.6 Å². The highest BCUT2D eigenvalue weighted by Crippen LogP contribution is 2.34. The molecule has 1 fully saturated rings. The highest BCUT2D eigenvalue weighted by atomic mass is 32.2. The van der Waals surface area contributed by atoms with Crippen LogP contribution in [0.3, 0.4) is 0 Å². The molecule has 1 unspecified atom stereocenters. The first-order valence-corrected chi connectivity index (χ1v) is 8.60. The minimum Gasteiger partial charge on any atom is -0.468 e. The Bertz CT molecular complexity index is 703. The Morgan fingerprint density at radius 2 is 2.04 bits per heavy atom. The summed E-state index contributed by atoms with van der Waals surface area (Å²) in [5, 5.41) is 0. The van der Waals surface area contributed by atoms with Crippen LogP contribution in [0.4, 0.5) is 0 Å². The van der Waals surface area contributed by atoms with Gasteiger partial charge in [0.05, 0.1) is 12.0 Å². The highest BCUT2D eigenvalue weighted by Gasteiger charge is 2.51. The number of piperidine rings is 1. The Morgan fingerprint density at radius 1 is 1.39 bits per heavy atom. The Balaban J connectivity index is 2.41. The first-order chi connectivity index (χ1) is 10.9. The number of sulfonamides is 1. The molecule has 7 heteroatoms. The van der Waals surface area contributed by atoms with Crippen LogP contribution in [0.25, 0.3) is 0 Å². The third-order valence-electron chi connectivity index (χ3n) is 4.02. The van der Waals surface area contributed by atoms with Crippen LogP contribution in [0, 0.1) is 5.41 Å². The van der Waals surface area contributed by atoms with Gasteiger partial charge in [0, 0.05) is 19.5 Å². The van der Waals surface area contributed by atoms with Gasteiger partial charge >= 0.3 is 5.97 Å². The molecule has 1 saturated heterocycles. The van der Waals surface area contributed by atoms with Crippen LogP contribution in [-0.2, 0) is 24.3 Å². The molecule has 0 bridgehead atoms. The number of allylic oxidation sites excluding steroid dienone is 1. The van der Waals surface area contributed by atoms with Crippen molar-refractivity contribution in [2.24, 2.45) is 5.41 Å². The number of hydrogen-bond acceptors (Lipinski definition) is 5. The lowest BCUT2D eigenvalue weighted by molar-refractivity contribution is -0.160. The summed E-state index contributed by atoms with van der Waals surface area (Å²) in [6.07, 6.45) is 1.45. The molecule has 0 radical (unpaired) electrons. The predicted molar refractivity (Wildman–Crippen MR) is 84.1 cm³/mol. The largest absolute Gasteiger partial charge is 0.468 e. The summed E-state index contributed by atoms with van der Waals surface area (Å²) in [5.41, 5.74) is -1.52. The highest BCUT2D eigenvalue weighted by molar-refractivity contribution is 7.89. The maximum absolute atomic E-state index is 12.7. The first kappa shape index (κ1) is 17.4. The molecule has 0 aromatic heterocycles. The molecular formula is C16H19NO5S. The lowest BCUT2D eigenvalue weighted by Gasteiger charge is -2.38. The van der Waals surface area contributed by atoms with Gasteiger partial charge in [-0.25, -0.2) is 8.42 Å². The van der Waals surface area contributed by atoms with Crippen molar-refractivity contribution in [3.05, 3.63) is 43.0 Å². The van der Waals surface area contributed by atoms with Crippen LogP contribution in [0.5, 0.6) is 0 Å². The first-order valence-electron chi connectivity index (χ1n) is 7.16. The van der Waals surface area contributed by atoms with Crippen molar-refractivity contribution < 1.29 is 22.7 Å². The van der Waals surface area contributed by atoms with Crippen LogP contribution in [-0.4, -0.2) is 44.7 Å². The lowest BCUT2D eigenvalue weighted by atomic mass is 9.76. The van der Waals surface area contributed by atoms with Gasteiger partial charge in [0.2, 0.25) is 10.0 Å². The molecule has 0 spiro atoms. The van der Waals surface area contributed by atoms with E-state index >= 15 is 0 Å². The Kier molecular flexibility index (Phi) is 5.01. The number of methoxy groups -OCH3 is 1. The van der Waals surface area contributed by atoms with Gasteiger partial charge in [-0.2, -0.15) is 4.31 Å². The average Bonchev–Trinajstić information content (AvgIpc) is 2.57. The lowest BCUT2D eigenvalue weighted by Crippen LogP contribution is -2.55. The number of rotatable bonds is 5. The van der Waals surface area contributed by atoms with E-state index in [-0.39, 0.29) is 36.6 Å². The topological polar surface area (TPSA) is 80.8 Å². The number of hydrogen-bond donors (Lipinski definition) is 0. The number of carbonyl (C=O) groups is 2. The summed E-state index contributed by atoms with van der Waals surface area (Å²) in [5.74, 6) is -1.04. The molecule has 124 valence electrons. The maximum atomic E-state index is 12.7. The second-order valence-corrected chi connectivity index (χ2v) is 7.33. The zero-order valence-electron chi connectivity index (χ0n) is 12.9. The van der Waals surface area contributed by atoms with Gasteiger partial charge in [-0.05, 0) is 18.6 Å². The van der Waals surface area contributed by atoms with Crippen LogP contribution in [0.15, 0.2) is 47.9 Å². The zero-order valence-corrected chi connectivity index (χ0v) is 13.7. The predicted octanol–water partition coefficient (Wildman–Crippen LogP) is 1.39. The normalized spacial score (nSPS) is 22.6. The van der Waals surface area contributed by atoms with E-state index in [1.807, 2.05) is 0 Å². The molecule has 2 rings (SSSR count). The Labute approximate surface area is 135 Å². The second kappa shape index (κ2) is 6.64. The van der Waals surface area contributed by atoms with Crippen molar-refractivity contribution in [1.29, 1.82) is 0 Å². The molecule has 1 aliphatic rings. The maximum Gasteiger partial charge on any atom is 0.321 e. The molecule has 0 saturated carbocycles.